The predicted molar refractivity (Wildman–Crippen MR) is 38.3 cm³/mol. The van der Waals surface area contributed by atoms with E-state index in [-0.39, 0.29) is 0 Å². The lowest BCUT2D eigenvalue weighted by atomic mass is 10.1. The van der Waals surface area contributed by atoms with Crippen molar-refractivity contribution in [2.75, 3.05) is 6.61 Å². The third kappa shape index (κ3) is 0.487. The molecule has 0 aromatic carbocycles. The summed E-state index contributed by atoms with van der Waals surface area (Å²) in [4.78, 5) is 0. The number of hydrogen-bond acceptors (Lipinski definition) is 1. The van der Waals surface area contributed by atoms with Gasteiger partial charge in [0.25, 0.3) is 0 Å². The normalized spacial score (nSPS) is 40.8. The van der Waals surface area contributed by atoms with Gasteiger partial charge < -0.3 is 4.74 Å². The van der Waals surface area contributed by atoms with Crippen LogP contribution in [0.4, 0.5) is 0 Å². The van der Waals surface area contributed by atoms with E-state index in [0.29, 0.717) is 0 Å². The highest BCUT2D eigenvalue weighted by atomic mass is 16.5. The van der Waals surface area contributed by atoms with E-state index in [1.807, 2.05) is 0 Å². The smallest absolute Gasteiger partial charge is 0.103 e. The maximum Gasteiger partial charge on any atom is 0.103 e. The largest absolute Gasteiger partial charge is 0.497 e. The lowest BCUT2D eigenvalue weighted by Gasteiger charge is -2.05. The van der Waals surface area contributed by atoms with Crippen LogP contribution in [-0.4, -0.2) is 6.61 Å². The molecule has 1 saturated carbocycles. The zero-order valence-electron chi connectivity index (χ0n) is 5.84. The molecule has 0 aromatic rings. The molecule has 2 atom stereocenters. The molecule has 0 amide bonds. The molecule has 3 rings (SSSR count). The van der Waals surface area contributed by atoms with E-state index in [2.05, 4.69) is 12.2 Å². The monoisotopic (exact) mass is 134 g/mol. The molecule has 0 aromatic heterocycles. The summed E-state index contributed by atoms with van der Waals surface area (Å²) in [5.74, 6) is 2.96. The molecule has 1 heteroatoms. The molecule has 0 N–H and O–H groups in total. The van der Waals surface area contributed by atoms with Gasteiger partial charge in [0.15, 0.2) is 0 Å². The minimum atomic E-state index is 0.794. The first-order chi connectivity index (χ1) is 4.95. The topological polar surface area (TPSA) is 9.23 Å². The number of rotatable bonds is 0. The highest BCUT2D eigenvalue weighted by Crippen LogP contribution is 2.51. The lowest BCUT2D eigenvalue weighted by Crippen LogP contribution is -1.93. The van der Waals surface area contributed by atoms with Crippen molar-refractivity contribution < 1.29 is 4.74 Å². The van der Waals surface area contributed by atoms with Crippen molar-refractivity contribution >= 4 is 0 Å². The van der Waals surface area contributed by atoms with Crippen LogP contribution in [-0.2, 0) is 4.74 Å². The zero-order chi connectivity index (χ0) is 6.55. The van der Waals surface area contributed by atoms with Gasteiger partial charge in [0.2, 0.25) is 0 Å². The van der Waals surface area contributed by atoms with Crippen molar-refractivity contribution in [3.63, 3.8) is 0 Å². The Morgan fingerprint density at radius 1 is 1.50 bits per heavy atom. The van der Waals surface area contributed by atoms with Gasteiger partial charge in [-0.1, -0.05) is 12.2 Å². The van der Waals surface area contributed by atoms with Crippen LogP contribution in [0.25, 0.3) is 0 Å². The Labute approximate surface area is 60.4 Å². The van der Waals surface area contributed by atoms with E-state index in [1.54, 1.807) is 0 Å². The fourth-order valence-corrected chi connectivity index (χ4v) is 1.97. The molecular weight excluding hydrogens is 124 g/mol. The molecule has 10 heavy (non-hydrogen) atoms. The summed E-state index contributed by atoms with van der Waals surface area (Å²) in [6.07, 6.45) is 7.10. The van der Waals surface area contributed by atoms with Crippen molar-refractivity contribution in [1.29, 1.82) is 0 Å². The van der Waals surface area contributed by atoms with Crippen molar-refractivity contribution in [1.82, 2.24) is 0 Å². The van der Waals surface area contributed by atoms with Crippen LogP contribution in [0.2, 0.25) is 0 Å². The lowest BCUT2D eigenvalue weighted by molar-refractivity contribution is 0.226. The number of hydrogen-bond donors (Lipinski definition) is 0. The summed E-state index contributed by atoms with van der Waals surface area (Å²) in [7, 11) is 0. The van der Waals surface area contributed by atoms with Gasteiger partial charge in [-0.3, -0.25) is 0 Å². The first kappa shape index (κ1) is 5.00. The Morgan fingerprint density at radius 2 is 2.50 bits per heavy atom. The third-order valence-electron chi connectivity index (χ3n) is 2.67. The first-order valence-corrected chi connectivity index (χ1v) is 3.99. The minimum absolute atomic E-state index is 0.794. The van der Waals surface area contributed by atoms with Crippen LogP contribution in [0.5, 0.6) is 0 Å². The molecule has 0 bridgehead atoms. The Hall–Kier alpha value is -0.720. The Kier molecular flexibility index (Phi) is 0.735. The van der Waals surface area contributed by atoms with Crippen molar-refractivity contribution in [2.24, 2.45) is 11.8 Å². The quantitative estimate of drug-likeness (QED) is 0.491. The van der Waals surface area contributed by atoms with Crippen molar-refractivity contribution in [3.05, 3.63) is 23.5 Å². The maximum atomic E-state index is 5.54. The van der Waals surface area contributed by atoms with Gasteiger partial charge in [0.05, 0.1) is 6.61 Å². The van der Waals surface area contributed by atoms with Crippen LogP contribution >= 0.6 is 0 Å². The molecule has 0 radical (unpaired) electrons. The third-order valence-corrected chi connectivity index (χ3v) is 2.67. The molecule has 0 saturated heterocycles. The molecule has 1 nitrogen and oxygen atoms in total. The Bertz CT molecular complexity index is 237. The highest BCUT2D eigenvalue weighted by molar-refractivity contribution is 5.36. The van der Waals surface area contributed by atoms with Gasteiger partial charge in [-0.15, -0.1) is 0 Å². The van der Waals surface area contributed by atoms with Gasteiger partial charge in [-0.2, -0.15) is 0 Å². The summed E-state index contributed by atoms with van der Waals surface area (Å²) in [5, 5.41) is 0. The minimum Gasteiger partial charge on any atom is -0.497 e. The second-order valence-corrected chi connectivity index (χ2v) is 3.35. The maximum absolute atomic E-state index is 5.54. The summed E-state index contributed by atoms with van der Waals surface area (Å²) >= 11 is 0. The van der Waals surface area contributed by atoms with Gasteiger partial charge in [0.1, 0.15) is 5.76 Å². The van der Waals surface area contributed by atoms with Crippen LogP contribution in [0.15, 0.2) is 23.5 Å². The Morgan fingerprint density at radius 3 is 3.50 bits per heavy atom. The average molecular weight is 134 g/mol. The zero-order valence-corrected chi connectivity index (χ0v) is 5.84. The molecule has 3 aliphatic rings. The van der Waals surface area contributed by atoms with Gasteiger partial charge in [-0.05, 0) is 17.9 Å². The van der Waals surface area contributed by atoms with Crippen molar-refractivity contribution in [2.45, 2.75) is 12.8 Å². The standard InChI is InChI=1S/C9H10O/c1-2-7-5-8(7)9-6(1)3-4-10-9/h1-2,7-8H,3-5H2. The van der Waals surface area contributed by atoms with E-state index in [9.17, 15) is 0 Å². The molecule has 0 spiro atoms. The van der Waals surface area contributed by atoms with Crippen LogP contribution in [0, 0.1) is 11.8 Å². The SMILES string of the molecule is C1=CC2CC2C2=C1CCO2. The van der Waals surface area contributed by atoms with E-state index in [0.717, 1.165) is 24.9 Å². The fraction of sp³-hybridized carbons (Fsp3) is 0.556. The van der Waals surface area contributed by atoms with Crippen LogP contribution < -0.4 is 0 Å². The molecule has 1 heterocycles. The molecule has 1 fully saturated rings. The average Bonchev–Trinajstić information content (AvgIpc) is 2.60. The molecular formula is C9H10O. The number of fused-ring (bicyclic) bond motifs is 2. The summed E-state index contributed by atoms with van der Waals surface area (Å²) in [6, 6.07) is 0. The second-order valence-electron chi connectivity index (χ2n) is 3.35. The van der Waals surface area contributed by atoms with Crippen LogP contribution in [0.3, 0.4) is 0 Å². The number of ether oxygens (including phenoxy) is 1. The van der Waals surface area contributed by atoms with Crippen LogP contribution in [0.1, 0.15) is 12.8 Å². The summed E-state index contributed by atoms with van der Waals surface area (Å²) in [5.41, 5.74) is 1.47. The Balaban J connectivity index is 2.07. The second kappa shape index (κ2) is 1.47. The van der Waals surface area contributed by atoms with Gasteiger partial charge >= 0.3 is 0 Å². The summed E-state index contributed by atoms with van der Waals surface area (Å²) in [6.45, 7) is 0.929. The van der Waals surface area contributed by atoms with E-state index in [1.165, 1.54) is 17.8 Å². The van der Waals surface area contributed by atoms with E-state index in [4.69, 9.17) is 4.74 Å². The molecule has 2 aliphatic carbocycles. The molecule has 2 unspecified atom stereocenters. The van der Waals surface area contributed by atoms with Gasteiger partial charge in [-0.25, -0.2) is 0 Å². The predicted octanol–water partition coefficient (Wildman–Crippen LogP) is 1.87. The molecule has 1 aliphatic heterocycles. The first-order valence-electron chi connectivity index (χ1n) is 3.99. The van der Waals surface area contributed by atoms with Crippen molar-refractivity contribution in [3.8, 4) is 0 Å². The van der Waals surface area contributed by atoms with E-state index < -0.39 is 0 Å². The van der Waals surface area contributed by atoms with E-state index >= 15 is 0 Å². The fourth-order valence-electron chi connectivity index (χ4n) is 1.97. The molecule has 52 valence electrons. The summed E-state index contributed by atoms with van der Waals surface area (Å²) < 4.78 is 5.54. The number of allylic oxidation sites excluding steroid dienone is 3. The van der Waals surface area contributed by atoms with Gasteiger partial charge in [0, 0.05) is 12.3 Å². The highest BCUT2D eigenvalue weighted by Gasteiger charge is 2.43.